The fraction of sp³-hybridized carbons (Fsp3) is 0.269. The molecule has 0 spiro atoms. The summed E-state index contributed by atoms with van der Waals surface area (Å²) in [5, 5.41) is 9.29. The summed E-state index contributed by atoms with van der Waals surface area (Å²) in [5.41, 5.74) is 3.44. The number of methoxy groups -OCH3 is 1. The summed E-state index contributed by atoms with van der Waals surface area (Å²) >= 11 is 1.43. The van der Waals surface area contributed by atoms with Crippen molar-refractivity contribution in [3.8, 4) is 17.1 Å². The van der Waals surface area contributed by atoms with E-state index in [1.54, 1.807) is 13.4 Å². The number of hydrogen-bond donors (Lipinski definition) is 0. The Balaban J connectivity index is 1.39. The standard InChI is InChI=1S/C26H26N4O3S/c1-18(25(31)29-13-12-19-7-3-4-8-21(19)16-29)34-26-28-27-24(20-9-5-10-22(15-20)32-2)30(26)17-23-11-6-14-33-23/h3-11,14-15,18H,12-13,16-17H2,1-2H3/t18-/m1/s1. The minimum absolute atomic E-state index is 0.106. The lowest BCUT2D eigenvalue weighted by Crippen LogP contribution is -2.40. The van der Waals surface area contributed by atoms with Crippen molar-refractivity contribution in [3.63, 3.8) is 0 Å². The third-order valence-electron chi connectivity index (χ3n) is 6.01. The first-order chi connectivity index (χ1) is 16.6. The molecule has 2 aromatic heterocycles. The second kappa shape index (κ2) is 9.77. The molecule has 34 heavy (non-hydrogen) atoms. The number of amides is 1. The van der Waals surface area contributed by atoms with Crippen LogP contribution in [-0.2, 0) is 24.3 Å². The highest BCUT2D eigenvalue weighted by Gasteiger charge is 2.27. The maximum atomic E-state index is 13.3. The van der Waals surface area contributed by atoms with Crippen molar-refractivity contribution >= 4 is 17.7 Å². The minimum atomic E-state index is -0.303. The van der Waals surface area contributed by atoms with Crippen LogP contribution in [0.15, 0.2) is 76.5 Å². The molecule has 0 aliphatic carbocycles. The zero-order chi connectivity index (χ0) is 23.5. The van der Waals surface area contributed by atoms with Gasteiger partial charge in [-0.2, -0.15) is 0 Å². The molecule has 0 unspecified atom stereocenters. The average Bonchev–Trinajstić information content (AvgIpc) is 3.54. The van der Waals surface area contributed by atoms with E-state index < -0.39 is 0 Å². The van der Waals surface area contributed by atoms with E-state index in [2.05, 4.69) is 28.4 Å². The normalized spacial score (nSPS) is 14.0. The van der Waals surface area contributed by atoms with Gasteiger partial charge in [-0.3, -0.25) is 9.36 Å². The molecule has 0 bridgehead atoms. The summed E-state index contributed by atoms with van der Waals surface area (Å²) in [7, 11) is 1.64. The molecule has 0 saturated carbocycles. The van der Waals surface area contributed by atoms with Crippen molar-refractivity contribution < 1.29 is 13.9 Å². The van der Waals surface area contributed by atoms with Crippen LogP contribution in [0.25, 0.3) is 11.4 Å². The zero-order valence-corrected chi connectivity index (χ0v) is 20.0. The van der Waals surface area contributed by atoms with Crippen LogP contribution in [0.2, 0.25) is 0 Å². The van der Waals surface area contributed by atoms with Gasteiger partial charge in [0.1, 0.15) is 11.5 Å². The Kier molecular flexibility index (Phi) is 6.40. The van der Waals surface area contributed by atoms with Crippen LogP contribution >= 0.6 is 11.8 Å². The third-order valence-corrected chi connectivity index (χ3v) is 7.08. The number of fused-ring (bicyclic) bond motifs is 1. The largest absolute Gasteiger partial charge is 0.497 e. The summed E-state index contributed by atoms with van der Waals surface area (Å²) in [4.78, 5) is 15.3. The Morgan fingerprint density at radius 1 is 1.12 bits per heavy atom. The maximum absolute atomic E-state index is 13.3. The number of aromatic nitrogens is 3. The highest BCUT2D eigenvalue weighted by atomic mass is 32.2. The molecule has 5 rings (SSSR count). The fourth-order valence-electron chi connectivity index (χ4n) is 4.20. The highest BCUT2D eigenvalue weighted by Crippen LogP contribution is 2.31. The van der Waals surface area contributed by atoms with Gasteiger partial charge in [0.05, 0.1) is 25.2 Å². The summed E-state index contributed by atoms with van der Waals surface area (Å²) in [5.74, 6) is 2.34. The first kappa shape index (κ1) is 22.3. The van der Waals surface area contributed by atoms with Crippen LogP contribution in [0.3, 0.4) is 0 Å². The lowest BCUT2D eigenvalue weighted by Gasteiger charge is -2.30. The number of rotatable bonds is 7. The lowest BCUT2D eigenvalue weighted by atomic mass is 10.00. The van der Waals surface area contributed by atoms with E-state index >= 15 is 0 Å². The molecule has 7 nitrogen and oxygen atoms in total. The molecule has 1 aliphatic rings. The van der Waals surface area contributed by atoms with Crippen molar-refractivity contribution in [3.05, 3.63) is 83.8 Å². The number of carbonyl (C=O) groups excluding carboxylic acids is 1. The van der Waals surface area contributed by atoms with Gasteiger partial charge < -0.3 is 14.1 Å². The van der Waals surface area contributed by atoms with E-state index in [4.69, 9.17) is 9.15 Å². The smallest absolute Gasteiger partial charge is 0.236 e. The minimum Gasteiger partial charge on any atom is -0.497 e. The molecule has 1 amide bonds. The first-order valence-corrected chi connectivity index (χ1v) is 12.1. The SMILES string of the molecule is COc1cccc(-c2nnc(S[C@H](C)C(=O)N3CCc4ccccc4C3)n2Cc2ccco2)c1. The predicted octanol–water partition coefficient (Wildman–Crippen LogP) is 4.66. The van der Waals surface area contributed by atoms with Crippen molar-refractivity contribution in [2.24, 2.45) is 0 Å². The maximum Gasteiger partial charge on any atom is 0.236 e. The van der Waals surface area contributed by atoms with Gasteiger partial charge in [-0.1, -0.05) is 48.2 Å². The molecule has 4 aromatic rings. The molecular formula is C26H26N4O3S. The summed E-state index contributed by atoms with van der Waals surface area (Å²) in [6.07, 6.45) is 2.53. The quantitative estimate of drug-likeness (QED) is 0.363. The van der Waals surface area contributed by atoms with Crippen LogP contribution in [0.4, 0.5) is 0 Å². The van der Waals surface area contributed by atoms with E-state index in [-0.39, 0.29) is 11.2 Å². The number of nitrogens with zero attached hydrogens (tertiary/aromatic N) is 4. The van der Waals surface area contributed by atoms with Crippen molar-refractivity contribution in [2.75, 3.05) is 13.7 Å². The molecule has 174 valence electrons. The van der Waals surface area contributed by atoms with E-state index in [0.717, 1.165) is 30.0 Å². The van der Waals surface area contributed by atoms with Crippen LogP contribution in [0.5, 0.6) is 5.75 Å². The lowest BCUT2D eigenvalue weighted by molar-refractivity contribution is -0.131. The molecule has 0 N–H and O–H groups in total. The van der Waals surface area contributed by atoms with Crippen LogP contribution in [0.1, 0.15) is 23.8 Å². The molecule has 1 atom stereocenters. The van der Waals surface area contributed by atoms with E-state index in [1.165, 1.54) is 22.9 Å². The summed E-state index contributed by atoms with van der Waals surface area (Å²) in [6.45, 7) is 3.78. The number of furan rings is 1. The molecule has 0 radical (unpaired) electrons. The molecule has 0 saturated heterocycles. The topological polar surface area (TPSA) is 73.4 Å². The Morgan fingerprint density at radius 3 is 2.76 bits per heavy atom. The predicted molar refractivity (Wildman–Crippen MR) is 131 cm³/mol. The van der Waals surface area contributed by atoms with Gasteiger partial charge in [0.15, 0.2) is 11.0 Å². The second-order valence-electron chi connectivity index (χ2n) is 8.24. The Morgan fingerprint density at radius 2 is 1.97 bits per heavy atom. The number of benzene rings is 2. The molecule has 3 heterocycles. The average molecular weight is 475 g/mol. The van der Waals surface area contributed by atoms with Gasteiger partial charge in [-0.05, 0) is 48.7 Å². The Labute approximate surface area is 202 Å². The Hall–Kier alpha value is -3.52. The van der Waals surface area contributed by atoms with E-state index in [1.807, 2.05) is 58.9 Å². The van der Waals surface area contributed by atoms with Gasteiger partial charge >= 0.3 is 0 Å². The van der Waals surface area contributed by atoms with Crippen molar-refractivity contribution in [2.45, 2.75) is 36.8 Å². The highest BCUT2D eigenvalue weighted by molar-refractivity contribution is 8.00. The molecule has 8 heteroatoms. The third kappa shape index (κ3) is 4.59. The zero-order valence-electron chi connectivity index (χ0n) is 19.2. The van der Waals surface area contributed by atoms with Gasteiger partial charge in [0.25, 0.3) is 0 Å². The second-order valence-corrected chi connectivity index (χ2v) is 9.55. The molecule has 1 aliphatic heterocycles. The summed E-state index contributed by atoms with van der Waals surface area (Å²) < 4.78 is 13.0. The van der Waals surface area contributed by atoms with Gasteiger partial charge in [0.2, 0.25) is 5.91 Å². The number of hydrogen-bond acceptors (Lipinski definition) is 6. The summed E-state index contributed by atoms with van der Waals surface area (Å²) in [6, 6.07) is 19.8. The first-order valence-electron chi connectivity index (χ1n) is 11.2. The molecular weight excluding hydrogens is 448 g/mol. The van der Waals surface area contributed by atoms with E-state index in [9.17, 15) is 4.79 Å². The van der Waals surface area contributed by atoms with E-state index in [0.29, 0.717) is 24.1 Å². The van der Waals surface area contributed by atoms with Crippen LogP contribution in [0, 0.1) is 0 Å². The number of ether oxygens (including phenoxy) is 1. The van der Waals surface area contributed by atoms with Crippen molar-refractivity contribution in [1.29, 1.82) is 0 Å². The van der Waals surface area contributed by atoms with Crippen LogP contribution in [-0.4, -0.2) is 44.5 Å². The van der Waals surface area contributed by atoms with Gasteiger partial charge in [0, 0.05) is 18.7 Å². The fourth-order valence-corrected chi connectivity index (χ4v) is 5.13. The van der Waals surface area contributed by atoms with Gasteiger partial charge in [-0.15, -0.1) is 10.2 Å². The number of thioether (sulfide) groups is 1. The van der Waals surface area contributed by atoms with Gasteiger partial charge in [-0.25, -0.2) is 0 Å². The Bertz CT molecular complexity index is 1280. The number of carbonyl (C=O) groups is 1. The van der Waals surface area contributed by atoms with Crippen molar-refractivity contribution in [1.82, 2.24) is 19.7 Å². The monoisotopic (exact) mass is 474 g/mol. The van der Waals surface area contributed by atoms with Crippen LogP contribution < -0.4 is 4.74 Å². The molecule has 2 aromatic carbocycles. The molecule has 0 fully saturated rings.